The van der Waals surface area contributed by atoms with Gasteiger partial charge in [0.25, 0.3) is 5.91 Å². The van der Waals surface area contributed by atoms with E-state index in [1.165, 1.54) is 5.01 Å². The molecule has 1 aliphatic heterocycles. The topological polar surface area (TPSA) is 52.9 Å². The van der Waals surface area contributed by atoms with Crippen LogP contribution in [0, 0.1) is 0 Å². The first-order chi connectivity index (χ1) is 12.6. The molecule has 0 radical (unpaired) electrons. The zero-order valence-corrected chi connectivity index (χ0v) is 16.9. The standard InChI is InChI=1S/C22H25ClN2O2/c1-5-19-14-22(27,17-10-12-18(23)13-11-17)25(24-19)20(26)15-6-8-16(9-7-15)21(2,3)4/h6-13,27H,5,14H2,1-4H3. The molecule has 0 aliphatic carbocycles. The predicted molar refractivity (Wildman–Crippen MR) is 109 cm³/mol. The zero-order chi connectivity index (χ0) is 19.8. The van der Waals surface area contributed by atoms with Crippen molar-refractivity contribution in [3.63, 3.8) is 0 Å². The van der Waals surface area contributed by atoms with Crippen LogP contribution >= 0.6 is 11.6 Å². The van der Waals surface area contributed by atoms with Crippen molar-refractivity contribution in [2.45, 2.75) is 51.7 Å². The number of hydrogen-bond acceptors (Lipinski definition) is 3. The Hall–Kier alpha value is -2.17. The Balaban J connectivity index is 1.97. The molecule has 1 aliphatic rings. The van der Waals surface area contributed by atoms with Gasteiger partial charge in [-0.25, -0.2) is 0 Å². The molecule has 0 saturated carbocycles. The fourth-order valence-corrected chi connectivity index (χ4v) is 3.33. The summed E-state index contributed by atoms with van der Waals surface area (Å²) in [5.74, 6) is -0.323. The van der Waals surface area contributed by atoms with Gasteiger partial charge >= 0.3 is 0 Å². The maximum atomic E-state index is 13.2. The molecule has 3 rings (SSSR count). The molecule has 0 fully saturated rings. The monoisotopic (exact) mass is 384 g/mol. The van der Waals surface area contributed by atoms with Crippen LogP contribution < -0.4 is 0 Å². The minimum absolute atomic E-state index is 0.00674. The molecule has 1 amide bonds. The van der Waals surface area contributed by atoms with Crippen molar-refractivity contribution in [3.8, 4) is 0 Å². The summed E-state index contributed by atoms with van der Waals surface area (Å²) < 4.78 is 0. The number of nitrogens with zero attached hydrogens (tertiary/aromatic N) is 2. The third-order valence-corrected chi connectivity index (χ3v) is 5.20. The quantitative estimate of drug-likeness (QED) is 0.800. The molecule has 5 heteroatoms. The molecular weight excluding hydrogens is 360 g/mol. The number of hydrogen-bond donors (Lipinski definition) is 1. The van der Waals surface area contributed by atoms with Crippen LogP contribution in [-0.4, -0.2) is 21.7 Å². The number of carbonyl (C=O) groups is 1. The molecule has 1 unspecified atom stereocenters. The Kier molecular flexibility index (Phi) is 5.15. The third-order valence-electron chi connectivity index (χ3n) is 4.95. The van der Waals surface area contributed by atoms with Gasteiger partial charge in [0.05, 0.1) is 0 Å². The average Bonchev–Trinajstić information content (AvgIpc) is 2.99. The van der Waals surface area contributed by atoms with Gasteiger partial charge < -0.3 is 5.11 Å². The highest BCUT2D eigenvalue weighted by molar-refractivity contribution is 6.30. The van der Waals surface area contributed by atoms with Gasteiger partial charge in [-0.3, -0.25) is 4.79 Å². The van der Waals surface area contributed by atoms with Gasteiger partial charge in [0.15, 0.2) is 5.72 Å². The first kappa shape index (κ1) is 19.6. The van der Waals surface area contributed by atoms with Crippen molar-refractivity contribution in [2.75, 3.05) is 0 Å². The molecule has 0 saturated heterocycles. The molecule has 4 nitrogen and oxygen atoms in total. The summed E-state index contributed by atoms with van der Waals surface area (Å²) in [4.78, 5) is 13.2. The van der Waals surface area contributed by atoms with E-state index in [1.54, 1.807) is 36.4 Å². The largest absolute Gasteiger partial charge is 0.365 e. The van der Waals surface area contributed by atoms with Crippen molar-refractivity contribution < 1.29 is 9.90 Å². The molecule has 1 atom stereocenters. The van der Waals surface area contributed by atoms with Gasteiger partial charge in [-0.2, -0.15) is 10.1 Å². The maximum Gasteiger partial charge on any atom is 0.276 e. The summed E-state index contributed by atoms with van der Waals surface area (Å²) >= 11 is 5.98. The lowest BCUT2D eigenvalue weighted by atomic mass is 9.86. The summed E-state index contributed by atoms with van der Waals surface area (Å²) in [7, 11) is 0. The second kappa shape index (κ2) is 7.10. The van der Waals surface area contributed by atoms with E-state index in [9.17, 15) is 9.90 Å². The van der Waals surface area contributed by atoms with E-state index >= 15 is 0 Å². The molecule has 1 heterocycles. The summed E-state index contributed by atoms with van der Waals surface area (Å²) in [6, 6.07) is 14.4. The van der Waals surface area contributed by atoms with Gasteiger partial charge in [0, 0.05) is 28.3 Å². The first-order valence-corrected chi connectivity index (χ1v) is 9.53. The molecule has 142 valence electrons. The first-order valence-electron chi connectivity index (χ1n) is 9.15. The van der Waals surface area contributed by atoms with Crippen molar-refractivity contribution in [1.82, 2.24) is 5.01 Å². The SMILES string of the molecule is CCC1=NN(C(=O)c2ccc(C(C)(C)C)cc2)C(O)(c2ccc(Cl)cc2)C1. The van der Waals surface area contributed by atoms with Gasteiger partial charge in [0.1, 0.15) is 0 Å². The van der Waals surface area contributed by atoms with Crippen molar-refractivity contribution in [1.29, 1.82) is 0 Å². The van der Waals surface area contributed by atoms with Crippen molar-refractivity contribution in [2.24, 2.45) is 5.10 Å². The summed E-state index contributed by atoms with van der Waals surface area (Å²) in [5.41, 5.74) is 1.52. The Morgan fingerprint density at radius 1 is 1.15 bits per heavy atom. The lowest BCUT2D eigenvalue weighted by Crippen LogP contribution is -2.43. The molecule has 0 spiro atoms. The summed E-state index contributed by atoms with van der Waals surface area (Å²) in [5, 5.41) is 17.6. The summed E-state index contributed by atoms with van der Waals surface area (Å²) in [6.45, 7) is 8.34. The highest BCUT2D eigenvalue weighted by atomic mass is 35.5. The smallest absolute Gasteiger partial charge is 0.276 e. The zero-order valence-electron chi connectivity index (χ0n) is 16.2. The number of carbonyl (C=O) groups excluding carboxylic acids is 1. The summed E-state index contributed by atoms with van der Waals surface area (Å²) in [6.07, 6.45) is 0.958. The lowest BCUT2D eigenvalue weighted by molar-refractivity contribution is -0.0765. The Labute approximate surface area is 165 Å². The van der Waals surface area contributed by atoms with Crippen LogP contribution in [0.3, 0.4) is 0 Å². The molecule has 0 aromatic heterocycles. The van der Waals surface area contributed by atoms with Crippen LogP contribution in [0.2, 0.25) is 5.02 Å². The Bertz CT molecular complexity index is 867. The minimum atomic E-state index is -1.50. The van der Waals surface area contributed by atoms with E-state index < -0.39 is 5.72 Å². The van der Waals surface area contributed by atoms with Gasteiger partial charge in [-0.1, -0.05) is 63.6 Å². The van der Waals surface area contributed by atoms with Crippen LogP contribution in [0.1, 0.15) is 62.0 Å². The highest BCUT2D eigenvalue weighted by Crippen LogP contribution is 2.37. The third kappa shape index (κ3) is 3.78. The van der Waals surface area contributed by atoms with E-state index in [4.69, 9.17) is 11.6 Å². The van der Waals surface area contributed by atoms with Gasteiger partial charge in [-0.05, 0) is 41.7 Å². The molecule has 2 aromatic carbocycles. The normalized spacial score (nSPS) is 19.9. The van der Waals surface area contributed by atoms with E-state index in [2.05, 4.69) is 25.9 Å². The number of rotatable bonds is 3. The van der Waals surface area contributed by atoms with Crippen LogP contribution in [0.15, 0.2) is 53.6 Å². The minimum Gasteiger partial charge on any atom is -0.365 e. The number of halogens is 1. The number of benzene rings is 2. The van der Waals surface area contributed by atoms with E-state index in [1.807, 2.05) is 19.1 Å². The predicted octanol–water partition coefficient (Wildman–Crippen LogP) is 5.09. The van der Waals surface area contributed by atoms with E-state index in [0.29, 0.717) is 22.6 Å². The van der Waals surface area contributed by atoms with E-state index in [-0.39, 0.29) is 17.7 Å². The van der Waals surface area contributed by atoms with Crippen LogP contribution in [0.4, 0.5) is 0 Å². The lowest BCUT2D eigenvalue weighted by Gasteiger charge is -2.31. The molecule has 2 aromatic rings. The van der Waals surface area contributed by atoms with Gasteiger partial charge in [0.2, 0.25) is 0 Å². The molecule has 0 bridgehead atoms. The highest BCUT2D eigenvalue weighted by Gasteiger charge is 2.45. The number of aliphatic hydroxyl groups is 1. The van der Waals surface area contributed by atoms with Gasteiger partial charge in [-0.15, -0.1) is 0 Å². The van der Waals surface area contributed by atoms with Crippen LogP contribution in [0.5, 0.6) is 0 Å². The van der Waals surface area contributed by atoms with Crippen LogP contribution in [-0.2, 0) is 11.1 Å². The number of hydrazone groups is 1. The Morgan fingerprint density at radius 2 is 1.74 bits per heavy atom. The fourth-order valence-electron chi connectivity index (χ4n) is 3.20. The average molecular weight is 385 g/mol. The Morgan fingerprint density at radius 3 is 2.26 bits per heavy atom. The number of amides is 1. The van der Waals surface area contributed by atoms with Crippen molar-refractivity contribution in [3.05, 3.63) is 70.2 Å². The molecule has 1 N–H and O–H groups in total. The van der Waals surface area contributed by atoms with E-state index in [0.717, 1.165) is 11.3 Å². The van der Waals surface area contributed by atoms with Crippen LogP contribution in [0.25, 0.3) is 0 Å². The molecule has 27 heavy (non-hydrogen) atoms. The second-order valence-corrected chi connectivity index (χ2v) is 8.40. The maximum absolute atomic E-state index is 13.2. The second-order valence-electron chi connectivity index (χ2n) is 7.96. The van der Waals surface area contributed by atoms with Crippen molar-refractivity contribution >= 4 is 23.2 Å². The molecular formula is C22H25ClN2O2. The fraction of sp³-hybridized carbons (Fsp3) is 0.364.